The van der Waals surface area contributed by atoms with E-state index in [1.165, 1.54) is 0 Å². The number of aliphatic hydroxyl groups excluding tert-OH is 1. The molecule has 0 aromatic rings. The largest absolute Gasteiger partial charge is 0.395 e. The van der Waals surface area contributed by atoms with Gasteiger partial charge in [0, 0.05) is 0 Å². The van der Waals surface area contributed by atoms with Crippen molar-refractivity contribution in [3.05, 3.63) is 0 Å². The van der Waals surface area contributed by atoms with E-state index >= 15 is 0 Å². The predicted molar refractivity (Wildman–Crippen MR) is 26.7 cm³/mol. The van der Waals surface area contributed by atoms with Gasteiger partial charge in [-0.3, -0.25) is 4.79 Å². The summed E-state index contributed by atoms with van der Waals surface area (Å²) in [6.07, 6.45) is -0.326. The second-order valence-corrected chi connectivity index (χ2v) is 1.82. The first-order chi connectivity index (χ1) is 3.75. The molecule has 0 aromatic carbocycles. The lowest BCUT2D eigenvalue weighted by molar-refractivity contribution is -0.136. The summed E-state index contributed by atoms with van der Waals surface area (Å²) in [5, 5.41) is 10.8. The Labute approximate surface area is 46.7 Å². The van der Waals surface area contributed by atoms with Crippen LogP contribution in [0.5, 0.6) is 0 Å². The number of nitrogens with two attached hydrogens (primary N) is 1. The Morgan fingerprint density at radius 1 is 1.88 bits per heavy atom. The van der Waals surface area contributed by atoms with Gasteiger partial charge >= 0.3 is 0 Å². The predicted octanol–water partition coefficient (Wildman–Crippen LogP) is -1.99. The van der Waals surface area contributed by atoms with E-state index in [0.29, 0.717) is 0 Å². The fourth-order valence-electron chi connectivity index (χ4n) is 0.635. The van der Waals surface area contributed by atoms with E-state index in [1.54, 1.807) is 0 Å². The molecule has 8 heavy (non-hydrogen) atoms. The molecule has 0 unspecified atom stereocenters. The molecular formula is C4H8N2O2. The molecule has 0 aromatic heterocycles. The van der Waals surface area contributed by atoms with Crippen LogP contribution in [0.1, 0.15) is 0 Å². The molecule has 4 N–H and O–H groups in total. The van der Waals surface area contributed by atoms with E-state index in [-0.39, 0.29) is 24.6 Å². The third-order valence-corrected chi connectivity index (χ3v) is 1.28. The average Bonchev–Trinajstić information content (AvgIpc) is 1.67. The lowest BCUT2D eigenvalue weighted by atomic mass is 9.99. The molecule has 2 atom stereocenters. The van der Waals surface area contributed by atoms with E-state index in [0.717, 1.165) is 0 Å². The van der Waals surface area contributed by atoms with Gasteiger partial charge in [-0.1, -0.05) is 0 Å². The molecule has 1 rings (SSSR count). The number of aliphatic hydroxyl groups is 1. The fraction of sp³-hybridized carbons (Fsp3) is 0.750. The minimum atomic E-state index is -0.366. The first kappa shape index (κ1) is 5.53. The Bertz CT molecular complexity index is 115. The molecule has 1 saturated heterocycles. The molecule has 1 aliphatic heterocycles. The second kappa shape index (κ2) is 1.72. The minimum absolute atomic E-state index is 0.146. The van der Waals surface area contributed by atoms with Crippen molar-refractivity contribution in [3.63, 3.8) is 0 Å². The Balaban J connectivity index is 2.40. The van der Waals surface area contributed by atoms with Crippen molar-refractivity contribution in [2.45, 2.75) is 6.17 Å². The van der Waals surface area contributed by atoms with Crippen LogP contribution < -0.4 is 11.1 Å². The van der Waals surface area contributed by atoms with E-state index in [2.05, 4.69) is 5.32 Å². The molecule has 1 fully saturated rings. The summed E-state index contributed by atoms with van der Waals surface area (Å²) in [5.41, 5.74) is 5.23. The Kier molecular flexibility index (Phi) is 1.19. The van der Waals surface area contributed by atoms with Gasteiger partial charge in [0.25, 0.3) is 0 Å². The third-order valence-electron chi connectivity index (χ3n) is 1.28. The van der Waals surface area contributed by atoms with Crippen LogP contribution in [0.25, 0.3) is 0 Å². The SMILES string of the molecule is N[C@H]1NC(=O)[C@@H]1CO. The summed E-state index contributed by atoms with van der Waals surface area (Å²) < 4.78 is 0. The molecule has 0 saturated carbocycles. The van der Waals surface area contributed by atoms with Crippen LogP contribution in [0.4, 0.5) is 0 Å². The van der Waals surface area contributed by atoms with Crippen molar-refractivity contribution < 1.29 is 9.90 Å². The van der Waals surface area contributed by atoms with Gasteiger partial charge in [0.15, 0.2) is 0 Å². The summed E-state index contributed by atoms with van der Waals surface area (Å²) in [6, 6.07) is 0. The number of amides is 1. The van der Waals surface area contributed by atoms with Crippen LogP contribution in [0, 0.1) is 5.92 Å². The highest BCUT2D eigenvalue weighted by Crippen LogP contribution is 2.07. The van der Waals surface area contributed by atoms with Gasteiger partial charge in [-0.15, -0.1) is 0 Å². The molecule has 1 aliphatic rings. The van der Waals surface area contributed by atoms with Crippen molar-refractivity contribution >= 4 is 5.91 Å². The maximum absolute atomic E-state index is 10.3. The molecule has 4 heteroatoms. The molecule has 46 valence electrons. The van der Waals surface area contributed by atoms with Gasteiger partial charge in [-0.05, 0) is 0 Å². The maximum atomic E-state index is 10.3. The molecule has 1 heterocycles. The van der Waals surface area contributed by atoms with Crippen LogP contribution in [-0.2, 0) is 4.79 Å². The quantitative estimate of drug-likeness (QED) is 0.347. The molecule has 0 aliphatic carbocycles. The van der Waals surface area contributed by atoms with Crippen molar-refractivity contribution in [2.75, 3.05) is 6.61 Å². The topological polar surface area (TPSA) is 75.3 Å². The molecule has 0 radical (unpaired) electrons. The number of nitrogens with one attached hydrogen (secondary N) is 1. The number of carbonyl (C=O) groups excluding carboxylic acids is 1. The summed E-state index contributed by atoms with van der Waals surface area (Å²) in [5.74, 6) is -0.519. The van der Waals surface area contributed by atoms with Gasteiger partial charge in [0.2, 0.25) is 5.91 Å². The van der Waals surface area contributed by atoms with E-state index in [1.807, 2.05) is 0 Å². The minimum Gasteiger partial charge on any atom is -0.395 e. The Morgan fingerprint density at radius 2 is 2.50 bits per heavy atom. The first-order valence-corrected chi connectivity index (χ1v) is 2.42. The van der Waals surface area contributed by atoms with Crippen molar-refractivity contribution in [1.82, 2.24) is 5.32 Å². The van der Waals surface area contributed by atoms with Gasteiger partial charge in [-0.2, -0.15) is 0 Å². The molecule has 0 spiro atoms. The smallest absolute Gasteiger partial charge is 0.230 e. The zero-order valence-corrected chi connectivity index (χ0v) is 4.29. The first-order valence-electron chi connectivity index (χ1n) is 2.42. The summed E-state index contributed by atoms with van der Waals surface area (Å²) in [4.78, 5) is 10.3. The normalized spacial score (nSPS) is 36.0. The lowest BCUT2D eigenvalue weighted by Crippen LogP contribution is -2.64. The van der Waals surface area contributed by atoms with Gasteiger partial charge in [0.05, 0.1) is 18.7 Å². The van der Waals surface area contributed by atoms with E-state index in [4.69, 9.17) is 10.8 Å². The second-order valence-electron chi connectivity index (χ2n) is 1.82. The van der Waals surface area contributed by atoms with Crippen molar-refractivity contribution in [1.29, 1.82) is 0 Å². The van der Waals surface area contributed by atoms with Crippen LogP contribution >= 0.6 is 0 Å². The van der Waals surface area contributed by atoms with Gasteiger partial charge < -0.3 is 16.2 Å². The fourth-order valence-corrected chi connectivity index (χ4v) is 0.635. The van der Waals surface area contributed by atoms with Crippen LogP contribution in [0.3, 0.4) is 0 Å². The Morgan fingerprint density at radius 3 is 2.62 bits per heavy atom. The maximum Gasteiger partial charge on any atom is 0.230 e. The van der Waals surface area contributed by atoms with Crippen LogP contribution in [-0.4, -0.2) is 23.8 Å². The number of hydrogen-bond donors (Lipinski definition) is 3. The van der Waals surface area contributed by atoms with E-state index in [9.17, 15) is 4.79 Å². The average molecular weight is 116 g/mol. The van der Waals surface area contributed by atoms with Crippen molar-refractivity contribution in [3.8, 4) is 0 Å². The standard InChI is InChI=1S/C4H8N2O2/c5-3-2(1-7)4(8)6-3/h2-3,7H,1,5H2,(H,6,8)/t2-,3+/m1/s1. The zero-order valence-electron chi connectivity index (χ0n) is 4.29. The molecule has 4 nitrogen and oxygen atoms in total. The van der Waals surface area contributed by atoms with Crippen molar-refractivity contribution in [2.24, 2.45) is 11.7 Å². The lowest BCUT2D eigenvalue weighted by Gasteiger charge is -2.31. The summed E-state index contributed by atoms with van der Waals surface area (Å²) >= 11 is 0. The summed E-state index contributed by atoms with van der Waals surface area (Å²) in [7, 11) is 0. The summed E-state index contributed by atoms with van der Waals surface area (Å²) in [6.45, 7) is -0.146. The number of β-lactam (4-membered cyclic amide) rings is 1. The highest BCUT2D eigenvalue weighted by molar-refractivity contribution is 5.85. The van der Waals surface area contributed by atoms with E-state index < -0.39 is 0 Å². The highest BCUT2D eigenvalue weighted by Gasteiger charge is 2.35. The van der Waals surface area contributed by atoms with Gasteiger partial charge in [0.1, 0.15) is 0 Å². The third kappa shape index (κ3) is 0.579. The number of rotatable bonds is 1. The highest BCUT2D eigenvalue weighted by atomic mass is 16.3. The monoisotopic (exact) mass is 116 g/mol. The Hall–Kier alpha value is -0.610. The number of carbonyl (C=O) groups is 1. The zero-order chi connectivity index (χ0) is 6.15. The number of hydrogen-bond acceptors (Lipinski definition) is 3. The van der Waals surface area contributed by atoms with Crippen LogP contribution in [0.15, 0.2) is 0 Å². The van der Waals surface area contributed by atoms with Crippen LogP contribution in [0.2, 0.25) is 0 Å². The molecular weight excluding hydrogens is 108 g/mol. The molecule has 1 amide bonds. The van der Waals surface area contributed by atoms with Gasteiger partial charge in [-0.25, -0.2) is 0 Å². The molecule has 0 bridgehead atoms.